The van der Waals surface area contributed by atoms with Crippen molar-refractivity contribution in [2.75, 3.05) is 6.54 Å². The van der Waals surface area contributed by atoms with Gasteiger partial charge in [-0.25, -0.2) is 0 Å². The second-order valence-electron chi connectivity index (χ2n) is 4.47. The molecule has 1 heterocycles. The molecule has 0 aromatic carbocycles. The van der Waals surface area contributed by atoms with Crippen molar-refractivity contribution in [2.24, 2.45) is 0 Å². The Kier molecular flexibility index (Phi) is 3.61. The number of carbonyl (C=O) groups is 1. The predicted molar refractivity (Wildman–Crippen MR) is 66.0 cm³/mol. The van der Waals surface area contributed by atoms with Crippen LogP contribution in [0.25, 0.3) is 0 Å². The van der Waals surface area contributed by atoms with Gasteiger partial charge in [-0.3, -0.25) is 9.59 Å². The standard InChI is InChI=1S/C13H18N2O2/c1-2-15(11-5-3-4-6-11)13(17)10-7-8-12(16)14-9-10/h7-9,11H,2-6H2,1H3,(H,14,16). The van der Waals surface area contributed by atoms with Crippen LogP contribution in [0.2, 0.25) is 0 Å². The number of aromatic nitrogens is 1. The van der Waals surface area contributed by atoms with E-state index in [1.54, 1.807) is 6.07 Å². The summed E-state index contributed by atoms with van der Waals surface area (Å²) in [7, 11) is 0. The topological polar surface area (TPSA) is 53.2 Å². The molecule has 1 amide bonds. The Balaban J connectivity index is 2.16. The maximum atomic E-state index is 12.3. The second-order valence-corrected chi connectivity index (χ2v) is 4.47. The summed E-state index contributed by atoms with van der Waals surface area (Å²) in [5.41, 5.74) is 0.392. The minimum atomic E-state index is -0.175. The van der Waals surface area contributed by atoms with E-state index in [9.17, 15) is 9.59 Å². The molecule has 0 spiro atoms. The van der Waals surface area contributed by atoms with Gasteiger partial charge in [0, 0.05) is 24.8 Å². The van der Waals surface area contributed by atoms with Gasteiger partial charge < -0.3 is 9.88 Å². The summed E-state index contributed by atoms with van der Waals surface area (Å²) in [5, 5.41) is 0. The summed E-state index contributed by atoms with van der Waals surface area (Å²) in [6.45, 7) is 2.73. The number of carbonyl (C=O) groups excluding carboxylic acids is 1. The van der Waals surface area contributed by atoms with Gasteiger partial charge in [0.05, 0.1) is 5.56 Å². The van der Waals surface area contributed by atoms with Crippen molar-refractivity contribution in [3.8, 4) is 0 Å². The number of hydrogen-bond acceptors (Lipinski definition) is 2. The molecule has 92 valence electrons. The van der Waals surface area contributed by atoms with E-state index in [1.165, 1.54) is 25.1 Å². The van der Waals surface area contributed by atoms with E-state index in [4.69, 9.17) is 0 Å². The van der Waals surface area contributed by atoms with Gasteiger partial charge in [-0.15, -0.1) is 0 Å². The summed E-state index contributed by atoms with van der Waals surface area (Å²) < 4.78 is 0. The van der Waals surface area contributed by atoms with Gasteiger partial charge in [0.25, 0.3) is 5.91 Å². The van der Waals surface area contributed by atoms with Crippen molar-refractivity contribution in [1.82, 2.24) is 9.88 Å². The lowest BCUT2D eigenvalue weighted by molar-refractivity contribution is 0.0693. The number of H-pyrrole nitrogens is 1. The Hall–Kier alpha value is -1.58. The van der Waals surface area contributed by atoms with E-state index in [0.29, 0.717) is 11.6 Å². The van der Waals surface area contributed by atoms with Crippen LogP contribution >= 0.6 is 0 Å². The average Bonchev–Trinajstić information content (AvgIpc) is 2.84. The first-order valence-electron chi connectivity index (χ1n) is 6.22. The molecule has 0 unspecified atom stereocenters. The highest BCUT2D eigenvalue weighted by Crippen LogP contribution is 2.24. The molecule has 4 nitrogen and oxygen atoms in total. The van der Waals surface area contributed by atoms with Crippen LogP contribution in [0.15, 0.2) is 23.1 Å². The lowest BCUT2D eigenvalue weighted by atomic mass is 10.1. The molecule has 1 aliphatic carbocycles. The Morgan fingerprint density at radius 1 is 1.41 bits per heavy atom. The molecule has 0 bridgehead atoms. The molecule has 1 aromatic heterocycles. The Morgan fingerprint density at radius 3 is 2.65 bits per heavy atom. The van der Waals surface area contributed by atoms with Gasteiger partial charge in [0.15, 0.2) is 0 Å². The summed E-state index contributed by atoms with van der Waals surface area (Å²) in [6, 6.07) is 3.37. The molecule has 0 radical (unpaired) electrons. The number of aromatic amines is 1. The fourth-order valence-electron chi connectivity index (χ4n) is 2.49. The van der Waals surface area contributed by atoms with Gasteiger partial charge >= 0.3 is 0 Å². The molecule has 4 heteroatoms. The molecule has 1 aliphatic rings. The fraction of sp³-hybridized carbons (Fsp3) is 0.538. The predicted octanol–water partition coefficient (Wildman–Crippen LogP) is 1.78. The molecular weight excluding hydrogens is 216 g/mol. The van der Waals surface area contributed by atoms with E-state index < -0.39 is 0 Å². The largest absolute Gasteiger partial charge is 0.336 e. The third kappa shape index (κ3) is 2.57. The van der Waals surface area contributed by atoms with Crippen LogP contribution in [0.5, 0.6) is 0 Å². The summed E-state index contributed by atoms with van der Waals surface area (Å²) in [6.07, 6.45) is 6.12. The number of amides is 1. The maximum absolute atomic E-state index is 12.3. The molecule has 0 atom stereocenters. The third-order valence-electron chi connectivity index (χ3n) is 3.40. The van der Waals surface area contributed by atoms with Crippen molar-refractivity contribution in [3.63, 3.8) is 0 Å². The van der Waals surface area contributed by atoms with E-state index in [0.717, 1.165) is 19.4 Å². The maximum Gasteiger partial charge on any atom is 0.255 e. The summed E-state index contributed by atoms with van der Waals surface area (Å²) >= 11 is 0. The van der Waals surface area contributed by atoms with Crippen LogP contribution in [0, 0.1) is 0 Å². The quantitative estimate of drug-likeness (QED) is 0.866. The highest BCUT2D eigenvalue weighted by molar-refractivity contribution is 5.94. The minimum Gasteiger partial charge on any atom is -0.336 e. The Bertz CT molecular complexity index is 426. The normalized spacial score (nSPS) is 16.1. The molecular formula is C13H18N2O2. The Morgan fingerprint density at radius 2 is 2.12 bits per heavy atom. The zero-order valence-electron chi connectivity index (χ0n) is 10.1. The van der Waals surface area contributed by atoms with Crippen molar-refractivity contribution in [1.29, 1.82) is 0 Å². The first-order chi connectivity index (χ1) is 8.22. The SMILES string of the molecule is CCN(C(=O)c1ccc(=O)[nH]c1)C1CCCC1. The molecule has 17 heavy (non-hydrogen) atoms. The van der Waals surface area contributed by atoms with Crippen molar-refractivity contribution in [3.05, 3.63) is 34.2 Å². The van der Waals surface area contributed by atoms with Gasteiger partial charge in [-0.2, -0.15) is 0 Å². The number of nitrogens with zero attached hydrogens (tertiary/aromatic N) is 1. The molecule has 1 aromatic rings. The Labute approximate surface area is 101 Å². The number of hydrogen-bond donors (Lipinski definition) is 1. The van der Waals surface area contributed by atoms with Crippen LogP contribution in [0.1, 0.15) is 43.0 Å². The average molecular weight is 234 g/mol. The van der Waals surface area contributed by atoms with Crippen LogP contribution in [0.4, 0.5) is 0 Å². The molecule has 1 N–H and O–H groups in total. The first-order valence-corrected chi connectivity index (χ1v) is 6.22. The third-order valence-corrected chi connectivity index (χ3v) is 3.40. The van der Waals surface area contributed by atoms with E-state index >= 15 is 0 Å². The second kappa shape index (κ2) is 5.17. The number of rotatable bonds is 3. The molecule has 0 saturated heterocycles. The van der Waals surface area contributed by atoms with Crippen LogP contribution in [0.3, 0.4) is 0 Å². The van der Waals surface area contributed by atoms with Crippen molar-refractivity contribution >= 4 is 5.91 Å². The highest BCUT2D eigenvalue weighted by Gasteiger charge is 2.25. The van der Waals surface area contributed by atoms with Crippen molar-refractivity contribution in [2.45, 2.75) is 38.6 Å². The zero-order valence-corrected chi connectivity index (χ0v) is 10.1. The van der Waals surface area contributed by atoms with E-state index in [-0.39, 0.29) is 11.5 Å². The molecule has 0 aliphatic heterocycles. The van der Waals surface area contributed by atoms with Crippen molar-refractivity contribution < 1.29 is 4.79 Å². The van der Waals surface area contributed by atoms with Gasteiger partial charge in [0.2, 0.25) is 5.56 Å². The summed E-state index contributed by atoms with van der Waals surface area (Å²) in [4.78, 5) is 27.7. The number of nitrogens with one attached hydrogen (secondary N) is 1. The van der Waals surface area contributed by atoms with Gasteiger partial charge in [-0.05, 0) is 25.8 Å². The molecule has 2 rings (SSSR count). The van der Waals surface area contributed by atoms with Crippen LogP contribution < -0.4 is 5.56 Å². The van der Waals surface area contributed by atoms with Crippen LogP contribution in [-0.4, -0.2) is 28.4 Å². The lowest BCUT2D eigenvalue weighted by Gasteiger charge is -2.27. The van der Waals surface area contributed by atoms with E-state index in [2.05, 4.69) is 4.98 Å². The zero-order chi connectivity index (χ0) is 12.3. The molecule has 1 fully saturated rings. The smallest absolute Gasteiger partial charge is 0.255 e. The summed E-state index contributed by atoms with van der Waals surface area (Å²) in [5.74, 6) is 0.0238. The number of pyridine rings is 1. The van der Waals surface area contributed by atoms with E-state index in [1.807, 2.05) is 11.8 Å². The first kappa shape index (κ1) is 11.9. The lowest BCUT2D eigenvalue weighted by Crippen LogP contribution is -2.38. The fourth-order valence-corrected chi connectivity index (χ4v) is 2.49. The monoisotopic (exact) mass is 234 g/mol. The molecule has 1 saturated carbocycles. The minimum absolute atomic E-state index is 0.0238. The van der Waals surface area contributed by atoms with Crippen LogP contribution in [-0.2, 0) is 0 Å². The van der Waals surface area contributed by atoms with Gasteiger partial charge in [-0.1, -0.05) is 12.8 Å². The highest BCUT2D eigenvalue weighted by atomic mass is 16.2. The van der Waals surface area contributed by atoms with Gasteiger partial charge in [0.1, 0.15) is 0 Å².